The normalized spacial score (nSPS) is 12.8. The number of hydrogen-bond acceptors (Lipinski definition) is 4. The third-order valence-electron chi connectivity index (χ3n) is 1.44. The number of aromatic carboxylic acids is 1. The van der Waals surface area contributed by atoms with Crippen LogP contribution in [-0.2, 0) is 4.74 Å². The summed E-state index contributed by atoms with van der Waals surface area (Å²) in [6.07, 6.45) is 0.769. The second-order valence-electron chi connectivity index (χ2n) is 2.25. The van der Waals surface area contributed by atoms with E-state index in [1.54, 1.807) is 6.92 Å². The van der Waals surface area contributed by atoms with Crippen molar-refractivity contribution in [1.29, 1.82) is 0 Å². The van der Waals surface area contributed by atoms with Crippen molar-refractivity contribution < 1.29 is 19.1 Å². The van der Waals surface area contributed by atoms with E-state index in [1.165, 1.54) is 7.11 Å². The molecule has 1 atom stereocenters. The number of nitrogens with zero attached hydrogens (tertiary/aromatic N) is 1. The Morgan fingerprint density at radius 1 is 1.83 bits per heavy atom. The number of carboxylic acid groups (broad SMARTS) is 1. The molecule has 1 heterocycles. The Morgan fingerprint density at radius 2 is 2.50 bits per heavy atom. The summed E-state index contributed by atoms with van der Waals surface area (Å²) in [5.41, 5.74) is -0.103. The number of carbonyl (C=O) groups is 1. The minimum atomic E-state index is -1.10. The first-order valence-corrected chi connectivity index (χ1v) is 3.36. The molecular formula is C7H9NO4. The molecule has 0 bridgehead atoms. The van der Waals surface area contributed by atoms with Gasteiger partial charge in [0, 0.05) is 7.11 Å². The zero-order valence-electron chi connectivity index (χ0n) is 6.77. The average Bonchev–Trinajstić information content (AvgIpc) is 2.51. The lowest BCUT2D eigenvalue weighted by molar-refractivity contribution is 0.0690. The van der Waals surface area contributed by atoms with Crippen LogP contribution in [0.3, 0.4) is 0 Å². The molecule has 0 saturated heterocycles. The van der Waals surface area contributed by atoms with Gasteiger partial charge in [-0.1, -0.05) is 0 Å². The maximum absolute atomic E-state index is 10.4. The Hall–Kier alpha value is -1.36. The Kier molecular flexibility index (Phi) is 2.44. The monoisotopic (exact) mass is 171 g/mol. The van der Waals surface area contributed by atoms with Gasteiger partial charge in [-0.05, 0) is 6.92 Å². The molecule has 1 aromatic rings. The van der Waals surface area contributed by atoms with Crippen LogP contribution in [-0.4, -0.2) is 23.2 Å². The lowest BCUT2D eigenvalue weighted by Gasteiger charge is -2.01. The fourth-order valence-electron chi connectivity index (χ4n) is 0.673. The average molecular weight is 171 g/mol. The molecule has 0 aliphatic rings. The molecule has 0 aliphatic heterocycles. The number of carboxylic acids is 1. The van der Waals surface area contributed by atoms with Crippen LogP contribution in [0.25, 0.3) is 0 Å². The van der Waals surface area contributed by atoms with Crippen LogP contribution in [0.4, 0.5) is 0 Å². The van der Waals surface area contributed by atoms with Crippen molar-refractivity contribution in [2.75, 3.05) is 7.11 Å². The highest BCUT2D eigenvalue weighted by atomic mass is 16.5. The number of rotatable bonds is 3. The molecule has 66 valence electrons. The fraction of sp³-hybridized carbons (Fsp3) is 0.429. The van der Waals surface area contributed by atoms with Gasteiger partial charge in [0.2, 0.25) is 5.89 Å². The van der Waals surface area contributed by atoms with E-state index in [0.29, 0.717) is 0 Å². The maximum atomic E-state index is 10.4. The van der Waals surface area contributed by atoms with Gasteiger partial charge in [-0.25, -0.2) is 9.78 Å². The fourth-order valence-corrected chi connectivity index (χ4v) is 0.673. The summed E-state index contributed by atoms with van der Waals surface area (Å²) >= 11 is 0. The molecule has 0 fully saturated rings. The van der Waals surface area contributed by atoms with E-state index in [4.69, 9.17) is 14.3 Å². The molecule has 1 N–H and O–H groups in total. The molecule has 0 spiro atoms. The highest BCUT2D eigenvalue weighted by Gasteiger charge is 2.14. The van der Waals surface area contributed by atoms with Gasteiger partial charge in [0.1, 0.15) is 12.4 Å². The summed E-state index contributed by atoms with van der Waals surface area (Å²) < 4.78 is 9.74. The number of oxazole rings is 1. The molecule has 5 heteroatoms. The molecule has 0 aromatic carbocycles. The number of hydrogen-bond donors (Lipinski definition) is 1. The smallest absolute Gasteiger partial charge is 0.357 e. The van der Waals surface area contributed by atoms with Gasteiger partial charge in [-0.15, -0.1) is 0 Å². The third-order valence-corrected chi connectivity index (χ3v) is 1.44. The van der Waals surface area contributed by atoms with E-state index >= 15 is 0 Å². The standard InChI is InChI=1S/C7H9NO4/c1-4(11-2)6-8-5(3-12-6)7(9)10/h3-4H,1-2H3,(H,9,10). The van der Waals surface area contributed by atoms with E-state index in [0.717, 1.165) is 6.26 Å². The minimum Gasteiger partial charge on any atom is -0.476 e. The van der Waals surface area contributed by atoms with Gasteiger partial charge in [-0.2, -0.15) is 0 Å². The van der Waals surface area contributed by atoms with Crippen molar-refractivity contribution in [3.05, 3.63) is 17.8 Å². The Balaban J connectivity index is 2.84. The Labute approximate surface area is 69.0 Å². The van der Waals surface area contributed by atoms with Gasteiger partial charge >= 0.3 is 5.97 Å². The zero-order valence-corrected chi connectivity index (χ0v) is 6.77. The van der Waals surface area contributed by atoms with Crippen molar-refractivity contribution in [2.24, 2.45) is 0 Å². The predicted molar refractivity (Wildman–Crippen MR) is 38.9 cm³/mol. The first-order chi connectivity index (χ1) is 5.65. The van der Waals surface area contributed by atoms with Crippen molar-refractivity contribution in [3.63, 3.8) is 0 Å². The second-order valence-corrected chi connectivity index (χ2v) is 2.25. The highest BCUT2D eigenvalue weighted by molar-refractivity contribution is 5.84. The van der Waals surface area contributed by atoms with Crippen molar-refractivity contribution in [2.45, 2.75) is 13.0 Å². The number of methoxy groups -OCH3 is 1. The summed E-state index contributed by atoms with van der Waals surface area (Å²) in [5.74, 6) is -0.830. The van der Waals surface area contributed by atoms with Crippen LogP contribution < -0.4 is 0 Å². The zero-order chi connectivity index (χ0) is 9.14. The predicted octanol–water partition coefficient (Wildman–Crippen LogP) is 1.08. The van der Waals surface area contributed by atoms with Crippen molar-refractivity contribution >= 4 is 5.97 Å². The van der Waals surface area contributed by atoms with Crippen LogP contribution in [0.2, 0.25) is 0 Å². The van der Waals surface area contributed by atoms with Gasteiger partial charge in [0.25, 0.3) is 0 Å². The molecule has 1 aromatic heterocycles. The molecule has 0 amide bonds. The third kappa shape index (κ3) is 1.62. The Bertz CT molecular complexity index is 281. The summed E-state index contributed by atoms with van der Waals surface area (Å²) in [7, 11) is 1.50. The van der Waals surface area contributed by atoms with Gasteiger partial charge in [0.15, 0.2) is 5.69 Å². The van der Waals surface area contributed by atoms with Crippen LogP contribution in [0.5, 0.6) is 0 Å². The largest absolute Gasteiger partial charge is 0.476 e. The van der Waals surface area contributed by atoms with Crippen molar-refractivity contribution in [1.82, 2.24) is 4.98 Å². The lowest BCUT2D eigenvalue weighted by atomic mass is 10.4. The topological polar surface area (TPSA) is 72.6 Å². The van der Waals surface area contributed by atoms with E-state index in [9.17, 15) is 4.79 Å². The molecule has 1 rings (SSSR count). The maximum Gasteiger partial charge on any atom is 0.357 e. The molecule has 1 unspecified atom stereocenters. The van der Waals surface area contributed by atoms with Crippen molar-refractivity contribution in [3.8, 4) is 0 Å². The summed E-state index contributed by atoms with van der Waals surface area (Å²) in [5, 5.41) is 8.49. The lowest BCUT2D eigenvalue weighted by Crippen LogP contribution is -1.99. The first kappa shape index (κ1) is 8.73. The summed E-state index contributed by atoms with van der Waals surface area (Å²) in [4.78, 5) is 14.1. The Morgan fingerprint density at radius 3 is 2.92 bits per heavy atom. The SMILES string of the molecule is COC(C)c1nc(C(=O)O)co1. The quantitative estimate of drug-likeness (QED) is 0.736. The minimum absolute atomic E-state index is 0.103. The molecule has 5 nitrogen and oxygen atoms in total. The number of aromatic nitrogens is 1. The van der Waals surface area contributed by atoms with Gasteiger partial charge < -0.3 is 14.3 Å². The highest BCUT2D eigenvalue weighted by Crippen LogP contribution is 2.14. The van der Waals surface area contributed by atoms with Crippen LogP contribution in [0.15, 0.2) is 10.7 Å². The van der Waals surface area contributed by atoms with E-state index in [2.05, 4.69) is 4.98 Å². The van der Waals surface area contributed by atoms with E-state index in [-0.39, 0.29) is 17.7 Å². The van der Waals surface area contributed by atoms with Crippen LogP contribution in [0.1, 0.15) is 29.4 Å². The summed E-state index contributed by atoms with van der Waals surface area (Å²) in [6.45, 7) is 1.72. The van der Waals surface area contributed by atoms with Gasteiger partial charge in [-0.3, -0.25) is 0 Å². The molecule has 0 aliphatic carbocycles. The first-order valence-electron chi connectivity index (χ1n) is 3.36. The van der Waals surface area contributed by atoms with E-state index in [1.807, 2.05) is 0 Å². The van der Waals surface area contributed by atoms with E-state index < -0.39 is 5.97 Å². The molecule has 0 saturated carbocycles. The molecular weight excluding hydrogens is 162 g/mol. The van der Waals surface area contributed by atoms with Crippen LogP contribution in [0, 0.1) is 0 Å². The van der Waals surface area contributed by atoms with Crippen LogP contribution >= 0.6 is 0 Å². The number of ether oxygens (including phenoxy) is 1. The van der Waals surface area contributed by atoms with Gasteiger partial charge in [0.05, 0.1) is 0 Å². The summed E-state index contributed by atoms with van der Waals surface area (Å²) in [6, 6.07) is 0. The molecule has 12 heavy (non-hydrogen) atoms. The molecule has 0 radical (unpaired) electrons. The second kappa shape index (κ2) is 3.36.